The zero-order valence-electron chi connectivity index (χ0n) is 16.7. The number of nitrogens with one attached hydrogen (secondary N) is 1. The van der Waals surface area contributed by atoms with E-state index in [1.54, 1.807) is 11.4 Å². The molecule has 28 heavy (non-hydrogen) atoms. The first-order valence-corrected chi connectivity index (χ1v) is 8.95. The molecule has 3 rings (SSSR count). The van der Waals surface area contributed by atoms with E-state index in [9.17, 15) is 9.59 Å². The number of benzene rings is 1. The second-order valence-electron chi connectivity index (χ2n) is 6.89. The fourth-order valence-electron chi connectivity index (χ4n) is 3.31. The van der Waals surface area contributed by atoms with Gasteiger partial charge < -0.3 is 10.1 Å². The Balaban J connectivity index is 1.63. The van der Waals surface area contributed by atoms with Crippen LogP contribution in [0.15, 0.2) is 18.5 Å². The van der Waals surface area contributed by atoms with Gasteiger partial charge in [0.05, 0.1) is 6.42 Å². The lowest BCUT2D eigenvalue weighted by Crippen LogP contribution is -2.23. The van der Waals surface area contributed by atoms with Crippen LogP contribution in [-0.2, 0) is 20.7 Å². The van der Waals surface area contributed by atoms with Gasteiger partial charge in [0.1, 0.15) is 6.33 Å². The Morgan fingerprint density at radius 2 is 1.79 bits per heavy atom. The molecule has 1 aromatic carbocycles. The molecule has 3 aromatic rings. The van der Waals surface area contributed by atoms with Gasteiger partial charge in [-0.1, -0.05) is 17.7 Å². The lowest BCUT2D eigenvalue weighted by atomic mass is 10.1. The predicted octanol–water partition coefficient (Wildman–Crippen LogP) is 2.39. The summed E-state index contributed by atoms with van der Waals surface area (Å²) in [5.74, 6) is -0.392. The van der Waals surface area contributed by atoms with E-state index in [2.05, 4.69) is 20.4 Å². The number of hydrogen-bond acceptors (Lipinski definition) is 6. The van der Waals surface area contributed by atoms with E-state index in [-0.39, 0.29) is 18.9 Å². The van der Waals surface area contributed by atoms with Crippen LogP contribution >= 0.6 is 0 Å². The second-order valence-corrected chi connectivity index (χ2v) is 6.89. The standard InChI is InChI=1S/C20H23N5O3/c1-11-6-12(2)19(13(3)7-11)24-17(26)9-28-18(27)8-16-14(4)23-20-21-10-22-25(20)15(16)5/h6-7,10H,8-9H2,1-5H3,(H,24,26). The number of carbonyl (C=O) groups is 2. The molecular formula is C20H23N5O3. The summed E-state index contributed by atoms with van der Waals surface area (Å²) in [4.78, 5) is 32.8. The van der Waals surface area contributed by atoms with Gasteiger partial charge in [-0.15, -0.1) is 0 Å². The molecule has 0 aliphatic carbocycles. The molecule has 0 unspecified atom stereocenters. The highest BCUT2D eigenvalue weighted by Gasteiger charge is 2.16. The lowest BCUT2D eigenvalue weighted by Gasteiger charge is -2.13. The third-order valence-electron chi connectivity index (χ3n) is 4.62. The number of fused-ring (bicyclic) bond motifs is 1. The SMILES string of the molecule is Cc1cc(C)c(NC(=O)COC(=O)Cc2c(C)nc3ncnn3c2C)c(C)c1. The minimum absolute atomic E-state index is 0.0103. The molecule has 8 nitrogen and oxygen atoms in total. The molecule has 0 bridgehead atoms. The van der Waals surface area contributed by atoms with Gasteiger partial charge in [0.2, 0.25) is 0 Å². The summed E-state index contributed by atoms with van der Waals surface area (Å²) >= 11 is 0. The number of ether oxygens (including phenoxy) is 1. The number of esters is 1. The van der Waals surface area contributed by atoms with Crippen LogP contribution in [0.4, 0.5) is 5.69 Å². The largest absolute Gasteiger partial charge is 0.455 e. The van der Waals surface area contributed by atoms with Gasteiger partial charge in [-0.3, -0.25) is 9.59 Å². The zero-order valence-corrected chi connectivity index (χ0v) is 16.7. The van der Waals surface area contributed by atoms with Gasteiger partial charge in [-0.05, 0) is 45.7 Å². The molecule has 0 fully saturated rings. The van der Waals surface area contributed by atoms with Crippen molar-refractivity contribution < 1.29 is 14.3 Å². The monoisotopic (exact) mass is 381 g/mol. The number of aromatic nitrogens is 4. The molecule has 0 saturated carbocycles. The van der Waals surface area contributed by atoms with Crippen molar-refractivity contribution in [3.8, 4) is 0 Å². The third kappa shape index (κ3) is 4.00. The van der Waals surface area contributed by atoms with Gasteiger partial charge in [-0.2, -0.15) is 10.1 Å². The highest BCUT2D eigenvalue weighted by molar-refractivity contribution is 5.94. The second kappa shape index (κ2) is 7.75. The van der Waals surface area contributed by atoms with E-state index in [1.807, 2.05) is 39.8 Å². The maximum Gasteiger partial charge on any atom is 0.310 e. The number of amides is 1. The van der Waals surface area contributed by atoms with Crippen LogP contribution in [0.25, 0.3) is 5.78 Å². The van der Waals surface area contributed by atoms with E-state index in [1.165, 1.54) is 6.33 Å². The van der Waals surface area contributed by atoms with Gasteiger partial charge >= 0.3 is 5.97 Å². The maximum atomic E-state index is 12.3. The number of anilines is 1. The molecule has 146 valence electrons. The summed E-state index contributed by atoms with van der Waals surface area (Å²) in [5.41, 5.74) is 5.99. The van der Waals surface area contributed by atoms with Crippen LogP contribution in [0, 0.1) is 34.6 Å². The topological polar surface area (TPSA) is 98.5 Å². The molecular weight excluding hydrogens is 358 g/mol. The van der Waals surface area contributed by atoms with Crippen LogP contribution in [0.3, 0.4) is 0 Å². The molecule has 0 aliphatic heterocycles. The van der Waals surface area contributed by atoms with Crippen molar-refractivity contribution in [2.45, 2.75) is 41.0 Å². The van der Waals surface area contributed by atoms with E-state index in [4.69, 9.17) is 4.74 Å². The molecule has 8 heteroatoms. The smallest absolute Gasteiger partial charge is 0.310 e. The molecule has 0 atom stereocenters. The Hall–Kier alpha value is -3.29. The van der Waals surface area contributed by atoms with Gasteiger partial charge in [0.25, 0.3) is 11.7 Å². The van der Waals surface area contributed by atoms with Crippen molar-refractivity contribution in [1.29, 1.82) is 0 Å². The number of rotatable bonds is 5. The third-order valence-corrected chi connectivity index (χ3v) is 4.62. The number of carbonyl (C=O) groups excluding carboxylic acids is 2. The normalized spacial score (nSPS) is 10.9. The minimum Gasteiger partial charge on any atom is -0.455 e. The van der Waals surface area contributed by atoms with Gasteiger partial charge in [0.15, 0.2) is 6.61 Å². The molecule has 2 aromatic heterocycles. The molecule has 1 N–H and O–H groups in total. The van der Waals surface area contributed by atoms with Crippen molar-refractivity contribution in [3.05, 3.63) is 52.1 Å². The Kier molecular flexibility index (Phi) is 5.39. The van der Waals surface area contributed by atoms with Crippen molar-refractivity contribution in [2.75, 3.05) is 11.9 Å². The average Bonchev–Trinajstić information content (AvgIpc) is 3.08. The molecule has 2 heterocycles. The zero-order chi connectivity index (χ0) is 20.4. The van der Waals surface area contributed by atoms with E-state index >= 15 is 0 Å². The van der Waals surface area contributed by atoms with Crippen molar-refractivity contribution in [2.24, 2.45) is 0 Å². The summed E-state index contributed by atoms with van der Waals surface area (Å²) < 4.78 is 6.74. The first-order chi connectivity index (χ1) is 13.3. The molecule has 1 amide bonds. The van der Waals surface area contributed by atoms with E-state index in [0.717, 1.165) is 28.1 Å². The van der Waals surface area contributed by atoms with Gasteiger partial charge in [0, 0.05) is 22.6 Å². The fraction of sp³-hybridized carbons (Fsp3) is 0.350. The molecule has 0 spiro atoms. The Labute approximate surface area is 163 Å². The van der Waals surface area contributed by atoms with Crippen LogP contribution < -0.4 is 5.32 Å². The van der Waals surface area contributed by atoms with Crippen LogP contribution in [0.1, 0.15) is 33.6 Å². The number of hydrogen-bond donors (Lipinski definition) is 1. The fourth-order valence-corrected chi connectivity index (χ4v) is 3.31. The summed E-state index contributed by atoms with van der Waals surface area (Å²) in [6.45, 7) is 9.17. The first kappa shape index (κ1) is 19.5. The Morgan fingerprint density at radius 1 is 1.11 bits per heavy atom. The molecule has 0 saturated heterocycles. The number of nitrogens with zero attached hydrogens (tertiary/aromatic N) is 4. The number of aryl methyl sites for hydroxylation is 5. The minimum atomic E-state index is -0.500. The summed E-state index contributed by atoms with van der Waals surface area (Å²) in [5, 5.41) is 6.92. The summed E-state index contributed by atoms with van der Waals surface area (Å²) in [6, 6.07) is 3.99. The average molecular weight is 381 g/mol. The van der Waals surface area contributed by atoms with E-state index < -0.39 is 5.97 Å². The molecule has 0 radical (unpaired) electrons. The van der Waals surface area contributed by atoms with Crippen molar-refractivity contribution in [3.63, 3.8) is 0 Å². The summed E-state index contributed by atoms with van der Waals surface area (Å²) in [7, 11) is 0. The van der Waals surface area contributed by atoms with Crippen molar-refractivity contribution in [1.82, 2.24) is 19.6 Å². The quantitative estimate of drug-likeness (QED) is 0.682. The Morgan fingerprint density at radius 3 is 2.46 bits per heavy atom. The van der Waals surface area contributed by atoms with Crippen LogP contribution in [0.5, 0.6) is 0 Å². The maximum absolute atomic E-state index is 12.3. The van der Waals surface area contributed by atoms with Crippen LogP contribution in [0.2, 0.25) is 0 Å². The van der Waals surface area contributed by atoms with Gasteiger partial charge in [-0.25, -0.2) is 9.50 Å². The molecule has 0 aliphatic rings. The predicted molar refractivity (Wildman–Crippen MR) is 104 cm³/mol. The van der Waals surface area contributed by atoms with Crippen LogP contribution in [-0.4, -0.2) is 38.1 Å². The van der Waals surface area contributed by atoms with Crippen molar-refractivity contribution >= 4 is 23.3 Å². The van der Waals surface area contributed by atoms with E-state index in [0.29, 0.717) is 17.0 Å². The Bertz CT molecular complexity index is 1050. The summed E-state index contributed by atoms with van der Waals surface area (Å²) in [6.07, 6.45) is 1.42. The lowest BCUT2D eigenvalue weighted by molar-refractivity contribution is -0.146. The first-order valence-electron chi connectivity index (χ1n) is 8.95. The highest BCUT2D eigenvalue weighted by atomic mass is 16.5. The highest BCUT2D eigenvalue weighted by Crippen LogP contribution is 2.21.